The van der Waals surface area contributed by atoms with E-state index in [1.165, 1.54) is 6.92 Å². The molecule has 1 aliphatic carbocycles. The molecule has 0 unspecified atom stereocenters. The SMILES string of the molecule is C[C@]1(O)C[C@H](C2=C/C=C\C=C/C=C\2)[C@]2(COc3ccccc3C2=O)n2c(=O)n(-c3ccccc3)c(=O)n21. The quantitative estimate of drug-likeness (QED) is 0.590. The first-order valence-corrected chi connectivity index (χ1v) is 12.1. The van der Waals surface area contributed by atoms with Crippen LogP contribution in [0.4, 0.5) is 0 Å². The molecule has 1 N–H and O–H groups in total. The van der Waals surface area contributed by atoms with E-state index in [1.807, 2.05) is 42.5 Å². The third-order valence-electron chi connectivity index (χ3n) is 7.36. The second-order valence-electron chi connectivity index (χ2n) is 9.67. The molecule has 2 aromatic carbocycles. The van der Waals surface area contributed by atoms with E-state index in [4.69, 9.17) is 4.74 Å². The zero-order valence-corrected chi connectivity index (χ0v) is 20.2. The van der Waals surface area contributed by atoms with Crippen LogP contribution >= 0.6 is 0 Å². The Morgan fingerprint density at radius 3 is 2.35 bits per heavy atom. The summed E-state index contributed by atoms with van der Waals surface area (Å²) in [6, 6.07) is 15.4. The molecular weight excluding hydrogens is 470 g/mol. The van der Waals surface area contributed by atoms with Crippen molar-refractivity contribution in [1.29, 1.82) is 0 Å². The topological polar surface area (TPSA) is 95.5 Å². The Bertz CT molecular complexity index is 1650. The molecule has 6 rings (SSSR count). The summed E-state index contributed by atoms with van der Waals surface area (Å²) in [4.78, 5) is 42.3. The number of fused-ring (bicyclic) bond motifs is 3. The fraction of sp³-hybridized carbons (Fsp3) is 0.207. The summed E-state index contributed by atoms with van der Waals surface area (Å²) in [6.07, 6.45) is 13.0. The maximum absolute atomic E-state index is 14.5. The van der Waals surface area contributed by atoms with Crippen LogP contribution in [0, 0.1) is 5.92 Å². The van der Waals surface area contributed by atoms with E-state index in [0.29, 0.717) is 17.0 Å². The van der Waals surface area contributed by atoms with Crippen molar-refractivity contribution in [2.24, 2.45) is 5.92 Å². The Hall–Kier alpha value is -4.43. The monoisotopic (exact) mass is 495 g/mol. The van der Waals surface area contributed by atoms with E-state index < -0.39 is 28.6 Å². The lowest BCUT2D eigenvalue weighted by atomic mass is 9.68. The van der Waals surface area contributed by atoms with Gasteiger partial charge in [-0.25, -0.2) is 18.8 Å². The van der Waals surface area contributed by atoms with Crippen LogP contribution in [0.25, 0.3) is 5.69 Å². The predicted molar refractivity (Wildman–Crippen MR) is 138 cm³/mol. The third kappa shape index (κ3) is 3.29. The lowest BCUT2D eigenvalue weighted by molar-refractivity contribution is -0.118. The molecule has 0 saturated carbocycles. The van der Waals surface area contributed by atoms with Gasteiger partial charge in [-0.1, -0.05) is 72.9 Å². The first-order chi connectivity index (χ1) is 17.9. The predicted octanol–water partition coefficient (Wildman–Crippen LogP) is 3.06. The van der Waals surface area contributed by atoms with Crippen molar-refractivity contribution in [2.75, 3.05) is 6.61 Å². The molecule has 186 valence electrons. The van der Waals surface area contributed by atoms with Gasteiger partial charge in [-0.05, 0) is 36.8 Å². The highest BCUT2D eigenvalue weighted by Gasteiger charge is 2.60. The van der Waals surface area contributed by atoms with Crippen LogP contribution in [0.3, 0.4) is 0 Å². The number of nitrogens with zero attached hydrogens (tertiary/aromatic N) is 3. The van der Waals surface area contributed by atoms with Crippen molar-refractivity contribution in [3.8, 4) is 11.4 Å². The van der Waals surface area contributed by atoms with E-state index in [2.05, 4.69) is 0 Å². The molecule has 0 fully saturated rings. The first kappa shape index (κ1) is 23.0. The van der Waals surface area contributed by atoms with Crippen molar-refractivity contribution in [3.05, 3.63) is 129 Å². The van der Waals surface area contributed by atoms with Crippen molar-refractivity contribution >= 4 is 5.78 Å². The van der Waals surface area contributed by atoms with Crippen molar-refractivity contribution < 1.29 is 14.6 Å². The summed E-state index contributed by atoms with van der Waals surface area (Å²) in [5.41, 5.74) is -3.42. The van der Waals surface area contributed by atoms with Gasteiger partial charge in [0.05, 0.1) is 11.3 Å². The normalized spacial score (nSPS) is 30.2. The first-order valence-electron chi connectivity index (χ1n) is 12.1. The molecule has 3 aromatic rings. The van der Waals surface area contributed by atoms with E-state index in [-0.39, 0.29) is 18.8 Å². The number of Topliss-reactive ketones (excluding diaryl/α,β-unsaturated/α-hetero) is 1. The molecule has 0 bridgehead atoms. The van der Waals surface area contributed by atoms with E-state index in [9.17, 15) is 19.5 Å². The van der Waals surface area contributed by atoms with Gasteiger partial charge in [0, 0.05) is 12.3 Å². The molecule has 1 aromatic heterocycles. The number of carbonyl (C=O) groups is 1. The van der Waals surface area contributed by atoms with Crippen LogP contribution in [0.2, 0.25) is 0 Å². The number of rotatable bonds is 2. The average molecular weight is 496 g/mol. The van der Waals surface area contributed by atoms with Gasteiger partial charge in [0.1, 0.15) is 12.4 Å². The largest absolute Gasteiger partial charge is 0.490 e. The zero-order chi connectivity index (χ0) is 25.8. The summed E-state index contributed by atoms with van der Waals surface area (Å²) in [5.74, 6) is -0.602. The van der Waals surface area contributed by atoms with E-state index >= 15 is 0 Å². The van der Waals surface area contributed by atoms with Gasteiger partial charge in [-0.2, -0.15) is 4.68 Å². The van der Waals surface area contributed by atoms with Crippen molar-refractivity contribution in [3.63, 3.8) is 0 Å². The number of benzene rings is 2. The molecule has 3 heterocycles. The summed E-state index contributed by atoms with van der Waals surface area (Å²) in [7, 11) is 0. The molecule has 0 radical (unpaired) electrons. The number of ketones is 1. The maximum Gasteiger partial charge on any atom is 0.354 e. The Balaban J connectivity index is 1.70. The molecule has 1 spiro atoms. The number of hydrogen-bond donors (Lipinski definition) is 1. The summed E-state index contributed by atoms with van der Waals surface area (Å²) in [5, 5.41) is 11.7. The van der Waals surface area contributed by atoms with Gasteiger partial charge in [0.2, 0.25) is 0 Å². The van der Waals surface area contributed by atoms with Gasteiger partial charge in [0.25, 0.3) is 0 Å². The minimum atomic E-state index is -1.76. The molecule has 8 nitrogen and oxygen atoms in total. The minimum absolute atomic E-state index is 0.0101. The van der Waals surface area contributed by atoms with Crippen LogP contribution < -0.4 is 16.1 Å². The lowest BCUT2D eigenvalue weighted by Crippen LogP contribution is -2.66. The second kappa shape index (κ2) is 8.31. The van der Waals surface area contributed by atoms with E-state index in [1.54, 1.807) is 54.6 Å². The molecule has 3 atom stereocenters. The molecule has 0 amide bonds. The molecule has 3 aliphatic rings. The molecule has 2 aliphatic heterocycles. The number of aromatic nitrogens is 3. The summed E-state index contributed by atoms with van der Waals surface area (Å²) >= 11 is 0. The number of para-hydroxylation sites is 2. The van der Waals surface area contributed by atoms with Crippen LogP contribution in [-0.2, 0) is 11.3 Å². The fourth-order valence-electron chi connectivity index (χ4n) is 5.69. The molecular formula is C29H25N3O5. The Morgan fingerprint density at radius 1 is 0.865 bits per heavy atom. The third-order valence-corrected chi connectivity index (χ3v) is 7.36. The van der Waals surface area contributed by atoms with E-state index in [0.717, 1.165) is 19.5 Å². The highest BCUT2D eigenvalue weighted by atomic mass is 16.5. The number of aliphatic hydroxyl groups is 1. The average Bonchev–Trinajstić information content (AvgIpc) is 3.15. The second-order valence-corrected chi connectivity index (χ2v) is 9.67. The number of carbonyl (C=O) groups excluding carboxylic acids is 1. The minimum Gasteiger partial charge on any atom is -0.490 e. The highest BCUT2D eigenvalue weighted by Crippen LogP contribution is 2.48. The van der Waals surface area contributed by atoms with Crippen molar-refractivity contribution in [2.45, 2.75) is 24.6 Å². The summed E-state index contributed by atoms with van der Waals surface area (Å²) < 4.78 is 9.29. The van der Waals surface area contributed by atoms with Crippen molar-refractivity contribution in [1.82, 2.24) is 13.9 Å². The van der Waals surface area contributed by atoms with Crippen LogP contribution in [0.5, 0.6) is 5.75 Å². The van der Waals surface area contributed by atoms with Crippen LogP contribution in [0.1, 0.15) is 23.7 Å². The van der Waals surface area contributed by atoms with Gasteiger partial charge in [-0.3, -0.25) is 4.79 Å². The van der Waals surface area contributed by atoms with Gasteiger partial charge in [0.15, 0.2) is 17.0 Å². The number of allylic oxidation sites excluding steroid dienone is 8. The van der Waals surface area contributed by atoms with Gasteiger partial charge in [-0.15, -0.1) is 0 Å². The molecule has 37 heavy (non-hydrogen) atoms. The Kier molecular flexibility index (Phi) is 5.17. The number of hydrogen-bond acceptors (Lipinski definition) is 5. The standard InChI is InChI=1S/C29H25N3O5/c1-28(36)18-23(20-12-6-3-2-4-7-13-20)29(19-37-24-17-11-10-16-22(24)25(29)33)32-27(35)30(26(34)31(28)32)21-14-8-5-9-15-21/h2-17,23,36H,18-19H2,1H3/b3-2-,4-2?,6-3?,7-4-,12-6-,13-7?,20-12?,20-13+/t23-,28+,29+/m1/s1. The van der Waals surface area contributed by atoms with Crippen LogP contribution in [-0.4, -0.2) is 31.4 Å². The van der Waals surface area contributed by atoms with Gasteiger partial charge >= 0.3 is 11.4 Å². The zero-order valence-electron chi connectivity index (χ0n) is 20.2. The molecule has 0 saturated heterocycles. The fourth-order valence-corrected chi connectivity index (χ4v) is 5.69. The number of ether oxygens (including phenoxy) is 1. The molecule has 8 heteroatoms. The Morgan fingerprint density at radius 2 is 1.54 bits per heavy atom. The lowest BCUT2D eigenvalue weighted by Gasteiger charge is -2.50. The Labute approximate surface area is 212 Å². The highest BCUT2D eigenvalue weighted by molar-refractivity contribution is 6.05. The summed E-state index contributed by atoms with van der Waals surface area (Å²) in [6.45, 7) is 1.32. The van der Waals surface area contributed by atoms with Crippen LogP contribution in [0.15, 0.2) is 112 Å². The maximum atomic E-state index is 14.5. The smallest absolute Gasteiger partial charge is 0.354 e. The van der Waals surface area contributed by atoms with Gasteiger partial charge < -0.3 is 9.84 Å².